The summed E-state index contributed by atoms with van der Waals surface area (Å²) in [6.45, 7) is 2.14. The monoisotopic (exact) mass is 280 g/mol. The summed E-state index contributed by atoms with van der Waals surface area (Å²) in [6, 6.07) is 1.64. The van der Waals surface area contributed by atoms with Gasteiger partial charge in [-0.2, -0.15) is 0 Å². The molecule has 1 aromatic heterocycles. The van der Waals surface area contributed by atoms with E-state index in [0.717, 1.165) is 25.7 Å². The van der Waals surface area contributed by atoms with Gasteiger partial charge < -0.3 is 9.30 Å². The summed E-state index contributed by atoms with van der Waals surface area (Å²) in [4.78, 5) is 22.5. The molecule has 0 aliphatic heterocycles. The van der Waals surface area contributed by atoms with Crippen molar-refractivity contribution in [2.24, 2.45) is 5.92 Å². The second-order valence-corrected chi connectivity index (χ2v) is 5.44. The molecule has 0 radical (unpaired) electrons. The van der Waals surface area contributed by atoms with Crippen molar-refractivity contribution in [3.8, 4) is 0 Å². The number of methoxy groups -OCH3 is 1. The first-order valence-corrected chi connectivity index (χ1v) is 6.90. The van der Waals surface area contributed by atoms with E-state index in [1.807, 2.05) is 0 Å². The van der Waals surface area contributed by atoms with Crippen LogP contribution in [0.4, 0.5) is 5.69 Å². The van der Waals surface area contributed by atoms with Crippen molar-refractivity contribution in [2.75, 3.05) is 7.11 Å². The lowest BCUT2D eigenvalue weighted by molar-refractivity contribution is -0.387. The molecular formula is C14H20N2O4. The predicted octanol–water partition coefficient (Wildman–Crippen LogP) is 2.27. The standard InChI is InChI=1S/C14H20N2O4/c1-10-7-8-15(14(17)13(10)16(18)19)9-11-3-5-12(20-2)6-4-11/h7-8,11-12H,3-6,9H2,1-2H3/t11-,12-. The van der Waals surface area contributed by atoms with Crippen molar-refractivity contribution in [2.45, 2.75) is 45.3 Å². The van der Waals surface area contributed by atoms with Crippen LogP contribution in [0.2, 0.25) is 0 Å². The average Bonchev–Trinajstić information content (AvgIpc) is 2.42. The molecule has 0 atom stereocenters. The molecule has 0 aromatic carbocycles. The Balaban J connectivity index is 2.13. The van der Waals surface area contributed by atoms with Crippen LogP contribution in [0.5, 0.6) is 0 Å². The maximum atomic E-state index is 12.1. The van der Waals surface area contributed by atoms with E-state index in [0.29, 0.717) is 24.1 Å². The van der Waals surface area contributed by atoms with Crippen LogP contribution in [-0.4, -0.2) is 22.7 Å². The number of hydrogen-bond acceptors (Lipinski definition) is 4. The number of aromatic nitrogens is 1. The zero-order chi connectivity index (χ0) is 14.7. The quantitative estimate of drug-likeness (QED) is 0.626. The summed E-state index contributed by atoms with van der Waals surface area (Å²) in [5.41, 5.74) is -0.388. The zero-order valence-corrected chi connectivity index (χ0v) is 11.9. The maximum absolute atomic E-state index is 12.1. The smallest absolute Gasteiger partial charge is 0.336 e. The molecule has 1 heterocycles. The van der Waals surface area contributed by atoms with Crippen molar-refractivity contribution >= 4 is 5.69 Å². The van der Waals surface area contributed by atoms with Gasteiger partial charge in [0.25, 0.3) is 0 Å². The fourth-order valence-corrected chi connectivity index (χ4v) is 2.85. The second kappa shape index (κ2) is 6.17. The minimum Gasteiger partial charge on any atom is -0.381 e. The van der Waals surface area contributed by atoms with Gasteiger partial charge in [-0.25, -0.2) is 0 Å². The van der Waals surface area contributed by atoms with E-state index in [4.69, 9.17) is 4.74 Å². The van der Waals surface area contributed by atoms with Crippen LogP contribution in [0.15, 0.2) is 17.1 Å². The minimum atomic E-state index is -0.587. The first kappa shape index (κ1) is 14.7. The van der Waals surface area contributed by atoms with Crippen LogP contribution >= 0.6 is 0 Å². The topological polar surface area (TPSA) is 74.4 Å². The van der Waals surface area contributed by atoms with E-state index in [1.165, 1.54) is 4.57 Å². The van der Waals surface area contributed by atoms with E-state index in [9.17, 15) is 14.9 Å². The molecular weight excluding hydrogens is 260 g/mol. The van der Waals surface area contributed by atoms with Crippen molar-refractivity contribution in [3.05, 3.63) is 38.3 Å². The normalized spacial score (nSPS) is 22.7. The van der Waals surface area contributed by atoms with Gasteiger partial charge in [-0.05, 0) is 44.6 Å². The third-order valence-electron chi connectivity index (χ3n) is 4.11. The van der Waals surface area contributed by atoms with Crippen LogP contribution < -0.4 is 5.56 Å². The molecule has 110 valence electrons. The SMILES string of the molecule is CO[C@H]1CC[C@H](Cn2ccc(C)c([N+](=O)[O-])c2=O)CC1. The summed E-state index contributed by atoms with van der Waals surface area (Å²) in [5.74, 6) is 0.390. The van der Waals surface area contributed by atoms with Crippen LogP contribution in [0, 0.1) is 23.0 Å². The first-order chi connectivity index (χ1) is 9.52. The van der Waals surface area contributed by atoms with Crippen molar-refractivity contribution in [1.29, 1.82) is 0 Å². The van der Waals surface area contributed by atoms with Gasteiger partial charge in [0.05, 0.1) is 11.0 Å². The van der Waals surface area contributed by atoms with Gasteiger partial charge >= 0.3 is 11.2 Å². The summed E-state index contributed by atoms with van der Waals surface area (Å²) in [5, 5.41) is 10.9. The average molecular weight is 280 g/mol. The van der Waals surface area contributed by atoms with Gasteiger partial charge in [0, 0.05) is 25.4 Å². The van der Waals surface area contributed by atoms with Crippen LogP contribution in [-0.2, 0) is 11.3 Å². The van der Waals surface area contributed by atoms with E-state index in [-0.39, 0.29) is 5.69 Å². The lowest BCUT2D eigenvalue weighted by Crippen LogP contribution is -2.29. The highest BCUT2D eigenvalue weighted by molar-refractivity contribution is 5.35. The molecule has 0 unspecified atom stereocenters. The lowest BCUT2D eigenvalue weighted by Gasteiger charge is -2.27. The molecule has 1 aliphatic carbocycles. The molecule has 0 bridgehead atoms. The van der Waals surface area contributed by atoms with E-state index in [1.54, 1.807) is 26.3 Å². The summed E-state index contributed by atoms with van der Waals surface area (Å²) in [6.07, 6.45) is 5.94. The van der Waals surface area contributed by atoms with Gasteiger partial charge in [0.1, 0.15) is 0 Å². The molecule has 1 aromatic rings. The van der Waals surface area contributed by atoms with E-state index in [2.05, 4.69) is 0 Å². The van der Waals surface area contributed by atoms with Crippen LogP contribution in [0.25, 0.3) is 0 Å². The molecule has 1 aliphatic rings. The molecule has 0 saturated heterocycles. The third kappa shape index (κ3) is 3.07. The van der Waals surface area contributed by atoms with Gasteiger partial charge in [-0.1, -0.05) is 0 Å². The Kier molecular flexibility index (Phi) is 4.54. The van der Waals surface area contributed by atoms with Crippen molar-refractivity contribution in [1.82, 2.24) is 4.57 Å². The lowest BCUT2D eigenvalue weighted by atomic mass is 9.87. The van der Waals surface area contributed by atoms with E-state index < -0.39 is 10.5 Å². The van der Waals surface area contributed by atoms with Gasteiger partial charge in [-0.3, -0.25) is 14.9 Å². The molecule has 6 nitrogen and oxygen atoms in total. The highest BCUT2D eigenvalue weighted by atomic mass is 16.6. The number of nitro groups is 1. The zero-order valence-electron chi connectivity index (χ0n) is 11.9. The Bertz CT molecular complexity index is 545. The summed E-state index contributed by atoms with van der Waals surface area (Å²) >= 11 is 0. The highest BCUT2D eigenvalue weighted by Crippen LogP contribution is 2.27. The minimum absolute atomic E-state index is 0.307. The Labute approximate surface area is 117 Å². The Morgan fingerprint density at radius 1 is 1.40 bits per heavy atom. The third-order valence-corrected chi connectivity index (χ3v) is 4.11. The largest absolute Gasteiger partial charge is 0.381 e. The number of hydrogen-bond donors (Lipinski definition) is 0. The van der Waals surface area contributed by atoms with Crippen LogP contribution in [0.3, 0.4) is 0 Å². The molecule has 6 heteroatoms. The molecule has 1 fully saturated rings. The number of ether oxygens (including phenoxy) is 1. The number of aryl methyl sites for hydroxylation is 1. The molecule has 0 N–H and O–H groups in total. The summed E-state index contributed by atoms with van der Waals surface area (Å²) < 4.78 is 6.80. The molecule has 1 saturated carbocycles. The van der Waals surface area contributed by atoms with Gasteiger partial charge in [0.2, 0.25) is 0 Å². The number of pyridine rings is 1. The van der Waals surface area contributed by atoms with Crippen LogP contribution in [0.1, 0.15) is 31.2 Å². The van der Waals surface area contributed by atoms with Crippen molar-refractivity contribution in [3.63, 3.8) is 0 Å². The Morgan fingerprint density at radius 3 is 2.60 bits per heavy atom. The molecule has 2 rings (SSSR count). The number of nitrogens with zero attached hydrogens (tertiary/aromatic N) is 2. The molecule has 0 amide bonds. The van der Waals surface area contributed by atoms with Gasteiger partial charge in [-0.15, -0.1) is 0 Å². The molecule has 20 heavy (non-hydrogen) atoms. The highest BCUT2D eigenvalue weighted by Gasteiger charge is 2.23. The second-order valence-electron chi connectivity index (χ2n) is 5.44. The fraction of sp³-hybridized carbons (Fsp3) is 0.643. The molecule has 0 spiro atoms. The summed E-state index contributed by atoms with van der Waals surface area (Å²) in [7, 11) is 1.72. The Morgan fingerprint density at radius 2 is 2.05 bits per heavy atom. The maximum Gasteiger partial charge on any atom is 0.336 e. The Hall–Kier alpha value is -1.69. The van der Waals surface area contributed by atoms with Gasteiger partial charge in [0.15, 0.2) is 0 Å². The first-order valence-electron chi connectivity index (χ1n) is 6.90. The predicted molar refractivity (Wildman–Crippen MR) is 74.8 cm³/mol. The fourth-order valence-electron chi connectivity index (χ4n) is 2.85. The van der Waals surface area contributed by atoms with E-state index >= 15 is 0 Å². The number of rotatable bonds is 4. The van der Waals surface area contributed by atoms with Crippen molar-refractivity contribution < 1.29 is 9.66 Å².